The maximum absolute atomic E-state index is 12.8. The second-order valence-corrected chi connectivity index (χ2v) is 8.69. The van der Waals surface area contributed by atoms with Gasteiger partial charge >= 0.3 is 0 Å². The first kappa shape index (κ1) is 24.2. The Morgan fingerprint density at radius 3 is 2.43 bits per heavy atom. The second kappa shape index (κ2) is 11.5. The Bertz CT molecular complexity index is 1410. The van der Waals surface area contributed by atoms with Crippen LogP contribution in [-0.4, -0.2) is 26.1 Å². The van der Waals surface area contributed by atoms with E-state index in [9.17, 15) is 4.79 Å². The molecule has 37 heavy (non-hydrogen) atoms. The predicted molar refractivity (Wildman–Crippen MR) is 144 cm³/mol. The molecule has 4 aromatic carbocycles. The zero-order valence-corrected chi connectivity index (χ0v) is 20.7. The van der Waals surface area contributed by atoms with E-state index in [4.69, 9.17) is 18.9 Å². The minimum Gasteiger partial charge on any atom is -0.496 e. The number of fused-ring (bicyclic) bond motifs is 1. The summed E-state index contributed by atoms with van der Waals surface area (Å²) >= 11 is 0. The molecule has 0 bridgehead atoms. The van der Waals surface area contributed by atoms with Crippen molar-refractivity contribution in [3.63, 3.8) is 0 Å². The van der Waals surface area contributed by atoms with Crippen LogP contribution >= 0.6 is 0 Å². The van der Waals surface area contributed by atoms with Crippen LogP contribution in [0.15, 0.2) is 97.1 Å². The first-order valence-corrected chi connectivity index (χ1v) is 12.2. The number of hydrogen-bond donors (Lipinski definition) is 0. The monoisotopic (exact) mass is 492 g/mol. The van der Waals surface area contributed by atoms with Gasteiger partial charge in [0.15, 0.2) is 17.3 Å². The average molecular weight is 493 g/mol. The Labute approximate surface area is 216 Å². The summed E-state index contributed by atoms with van der Waals surface area (Å²) in [6, 6.07) is 29.4. The Hall–Kier alpha value is -4.51. The van der Waals surface area contributed by atoms with Crippen LogP contribution in [0.2, 0.25) is 0 Å². The summed E-state index contributed by atoms with van der Waals surface area (Å²) < 4.78 is 22.9. The maximum Gasteiger partial charge on any atom is 0.185 e. The van der Waals surface area contributed by atoms with Gasteiger partial charge in [0.25, 0.3) is 0 Å². The van der Waals surface area contributed by atoms with Crippen LogP contribution < -0.4 is 18.9 Å². The van der Waals surface area contributed by atoms with Crippen molar-refractivity contribution in [3.05, 3.63) is 125 Å². The van der Waals surface area contributed by atoms with Gasteiger partial charge in [-0.15, -0.1) is 0 Å². The molecule has 0 fully saturated rings. The number of methoxy groups -OCH3 is 1. The Kier molecular flexibility index (Phi) is 7.51. The fourth-order valence-electron chi connectivity index (χ4n) is 4.24. The number of carbonyl (C=O) groups is 1. The number of ketones is 1. The van der Waals surface area contributed by atoms with Gasteiger partial charge in [-0.3, -0.25) is 4.79 Å². The van der Waals surface area contributed by atoms with Gasteiger partial charge < -0.3 is 18.9 Å². The highest BCUT2D eigenvalue weighted by molar-refractivity contribution is 6.07. The number of hydrogen-bond acceptors (Lipinski definition) is 5. The maximum atomic E-state index is 12.8. The van der Waals surface area contributed by atoms with E-state index < -0.39 is 0 Å². The molecule has 1 aliphatic rings. The molecule has 5 rings (SSSR count). The molecule has 1 heterocycles. The highest BCUT2D eigenvalue weighted by atomic mass is 16.6. The van der Waals surface area contributed by atoms with E-state index in [1.54, 1.807) is 37.5 Å². The lowest BCUT2D eigenvalue weighted by molar-refractivity contribution is 0.104. The van der Waals surface area contributed by atoms with Gasteiger partial charge in [0.1, 0.15) is 31.3 Å². The second-order valence-electron chi connectivity index (χ2n) is 8.69. The number of para-hydroxylation sites is 1. The van der Waals surface area contributed by atoms with E-state index in [-0.39, 0.29) is 5.78 Å². The molecule has 0 unspecified atom stereocenters. The lowest BCUT2D eigenvalue weighted by atomic mass is 10.0. The molecule has 0 amide bonds. The Morgan fingerprint density at radius 1 is 0.811 bits per heavy atom. The third-order valence-corrected chi connectivity index (χ3v) is 6.15. The van der Waals surface area contributed by atoms with E-state index in [1.807, 2.05) is 54.6 Å². The molecule has 5 heteroatoms. The molecule has 5 nitrogen and oxygen atoms in total. The average Bonchev–Trinajstić information content (AvgIpc) is 2.95. The van der Waals surface area contributed by atoms with E-state index in [0.29, 0.717) is 36.9 Å². The van der Waals surface area contributed by atoms with Gasteiger partial charge in [-0.2, -0.15) is 0 Å². The van der Waals surface area contributed by atoms with Gasteiger partial charge in [0, 0.05) is 17.5 Å². The van der Waals surface area contributed by atoms with E-state index >= 15 is 0 Å². The van der Waals surface area contributed by atoms with Crippen LogP contribution in [0.25, 0.3) is 6.08 Å². The summed E-state index contributed by atoms with van der Waals surface area (Å²) in [6.07, 6.45) is 4.15. The van der Waals surface area contributed by atoms with Gasteiger partial charge in [-0.05, 0) is 59.2 Å². The zero-order valence-electron chi connectivity index (χ0n) is 20.7. The molecule has 0 saturated heterocycles. The first-order chi connectivity index (χ1) is 18.2. The molecule has 0 saturated carbocycles. The molecular formula is C32H28O5. The lowest BCUT2D eigenvalue weighted by Gasteiger charge is -2.18. The molecule has 0 aliphatic carbocycles. The van der Waals surface area contributed by atoms with Gasteiger partial charge in [-0.25, -0.2) is 0 Å². The van der Waals surface area contributed by atoms with Gasteiger partial charge in [0.2, 0.25) is 0 Å². The fourth-order valence-corrected chi connectivity index (χ4v) is 4.24. The number of rotatable bonds is 9. The van der Waals surface area contributed by atoms with Crippen molar-refractivity contribution >= 4 is 11.9 Å². The van der Waals surface area contributed by atoms with Crippen LogP contribution in [0.1, 0.15) is 32.6 Å². The molecule has 186 valence electrons. The van der Waals surface area contributed by atoms with Crippen molar-refractivity contribution in [2.45, 2.75) is 13.0 Å². The molecule has 0 spiro atoms. The lowest BCUT2D eigenvalue weighted by Crippen LogP contribution is -2.15. The van der Waals surface area contributed by atoms with Crippen molar-refractivity contribution in [1.29, 1.82) is 0 Å². The molecule has 0 radical (unpaired) electrons. The van der Waals surface area contributed by atoms with E-state index in [2.05, 4.69) is 18.2 Å². The van der Waals surface area contributed by atoms with Crippen LogP contribution in [0, 0.1) is 0 Å². The van der Waals surface area contributed by atoms with Crippen molar-refractivity contribution in [2.24, 2.45) is 0 Å². The predicted octanol–water partition coefficient (Wildman–Crippen LogP) is 6.53. The molecule has 0 aromatic heterocycles. The summed E-state index contributed by atoms with van der Waals surface area (Å²) in [5.41, 5.74) is 4.67. The van der Waals surface area contributed by atoms with Crippen LogP contribution in [-0.2, 0) is 13.0 Å². The summed E-state index contributed by atoms with van der Waals surface area (Å²) in [5.74, 6) is 2.72. The van der Waals surface area contributed by atoms with Crippen molar-refractivity contribution in [3.8, 4) is 23.0 Å². The van der Waals surface area contributed by atoms with Crippen molar-refractivity contribution in [1.82, 2.24) is 0 Å². The number of carbonyl (C=O) groups excluding carboxylic acids is 1. The topological polar surface area (TPSA) is 54.0 Å². The summed E-state index contributed by atoms with van der Waals surface area (Å²) in [7, 11) is 1.64. The minimum absolute atomic E-state index is 0.111. The number of allylic oxidation sites excluding steroid dienone is 1. The van der Waals surface area contributed by atoms with Crippen LogP contribution in [0.3, 0.4) is 0 Å². The molecular weight excluding hydrogens is 464 g/mol. The van der Waals surface area contributed by atoms with Crippen molar-refractivity contribution in [2.75, 3.05) is 20.3 Å². The number of benzene rings is 4. The third-order valence-electron chi connectivity index (χ3n) is 6.15. The third kappa shape index (κ3) is 6.01. The van der Waals surface area contributed by atoms with Crippen LogP contribution in [0.5, 0.6) is 23.0 Å². The van der Waals surface area contributed by atoms with E-state index in [1.165, 1.54) is 5.56 Å². The summed E-state index contributed by atoms with van der Waals surface area (Å²) in [6.45, 7) is 1.34. The Morgan fingerprint density at radius 2 is 1.59 bits per heavy atom. The largest absolute Gasteiger partial charge is 0.496 e. The quantitative estimate of drug-likeness (QED) is 0.196. The molecule has 4 aromatic rings. The normalized spacial score (nSPS) is 12.4. The standard InChI is InChI=1S/C32H28O5/c1-34-29-15-12-24(11-14-28(33)25-13-16-31-32(21-25)36-18-17-35-31)20-27(29)22-37-30-10-6-5-9-26(30)19-23-7-3-2-4-8-23/h2-16,20-21H,17-19,22H2,1H3/b14-11+. The number of ether oxygens (including phenoxy) is 4. The fraction of sp³-hybridized carbons (Fsp3) is 0.156. The molecule has 0 atom stereocenters. The SMILES string of the molecule is COc1ccc(/C=C/C(=O)c2ccc3c(c2)OCCO3)cc1COc1ccccc1Cc1ccccc1. The van der Waals surface area contributed by atoms with Gasteiger partial charge in [0.05, 0.1) is 7.11 Å². The van der Waals surface area contributed by atoms with Gasteiger partial charge in [-0.1, -0.05) is 60.7 Å². The highest BCUT2D eigenvalue weighted by Crippen LogP contribution is 2.31. The smallest absolute Gasteiger partial charge is 0.185 e. The van der Waals surface area contributed by atoms with E-state index in [0.717, 1.165) is 34.6 Å². The minimum atomic E-state index is -0.111. The Balaban J connectivity index is 1.30. The zero-order chi connectivity index (χ0) is 25.5. The van der Waals surface area contributed by atoms with Crippen LogP contribution in [0.4, 0.5) is 0 Å². The summed E-state index contributed by atoms with van der Waals surface area (Å²) in [4.78, 5) is 12.8. The highest BCUT2D eigenvalue weighted by Gasteiger charge is 2.14. The summed E-state index contributed by atoms with van der Waals surface area (Å²) in [5, 5.41) is 0. The molecule has 0 N–H and O–H groups in total. The van der Waals surface area contributed by atoms with Crippen molar-refractivity contribution < 1.29 is 23.7 Å². The first-order valence-electron chi connectivity index (χ1n) is 12.2. The molecule has 1 aliphatic heterocycles.